The van der Waals surface area contributed by atoms with Gasteiger partial charge < -0.3 is 21.4 Å². The number of carbonyl (C=O) groups excluding carboxylic acids is 1. The molecule has 0 aromatic carbocycles. The number of carboxylic acid groups (broad SMARTS) is 1. The maximum Gasteiger partial charge on any atom is 0.243 e. The Morgan fingerprint density at radius 3 is 2.50 bits per heavy atom. The molecule has 0 bridgehead atoms. The molecule has 92 valence electrons. The lowest BCUT2D eigenvalue weighted by Gasteiger charge is -2.01. The number of carbonyl (C=O) groups is 1. The number of nitrogens with two attached hydrogens (primary N) is 2. The quantitative estimate of drug-likeness (QED) is 0.573. The van der Waals surface area contributed by atoms with E-state index in [-0.39, 0.29) is 0 Å². The largest absolute Gasteiger partial charge is 0.548 e. The van der Waals surface area contributed by atoms with Gasteiger partial charge in [-0.15, -0.1) is 0 Å². The van der Waals surface area contributed by atoms with Gasteiger partial charge in [0.05, 0.1) is 12.5 Å². The molecule has 0 spiro atoms. The fourth-order valence-electron chi connectivity index (χ4n) is 0.907. The Kier molecular flexibility index (Phi) is 7.15. The minimum absolute atomic E-state index is 0.707. The second-order valence-corrected chi connectivity index (χ2v) is 3.38. The molecule has 1 rings (SSSR count). The van der Waals surface area contributed by atoms with Crippen LogP contribution in [0, 0.1) is 0 Å². The van der Waals surface area contributed by atoms with Crippen molar-refractivity contribution in [1.29, 1.82) is 0 Å². The summed E-state index contributed by atoms with van der Waals surface area (Å²) in [5.74, 6) is -1.21. The fraction of sp³-hybridized carbons (Fsp3) is 0.600. The molecule has 4 N–H and O–H groups in total. The van der Waals surface area contributed by atoms with Gasteiger partial charge in [-0.3, -0.25) is 0 Å². The van der Waals surface area contributed by atoms with Gasteiger partial charge in [-0.25, -0.2) is 9.13 Å². The van der Waals surface area contributed by atoms with Crippen LogP contribution in [0.15, 0.2) is 18.7 Å². The molecule has 0 amide bonds. The Bertz CT molecular complexity index is 310. The molecule has 1 aromatic heterocycles. The molecule has 0 aliphatic carbocycles. The average molecular weight is 228 g/mol. The molecule has 0 aliphatic rings. The maximum atomic E-state index is 9.46. The predicted molar refractivity (Wildman–Crippen MR) is 58.0 cm³/mol. The first-order chi connectivity index (χ1) is 7.51. The zero-order chi connectivity index (χ0) is 12.6. The summed E-state index contributed by atoms with van der Waals surface area (Å²) >= 11 is 0. The van der Waals surface area contributed by atoms with Crippen molar-refractivity contribution in [2.45, 2.75) is 33.0 Å². The van der Waals surface area contributed by atoms with Gasteiger partial charge >= 0.3 is 0 Å². The Labute approximate surface area is 95.5 Å². The molecular formula is C10H20N4O2. The minimum Gasteiger partial charge on any atom is -0.548 e. The van der Waals surface area contributed by atoms with E-state index in [2.05, 4.69) is 28.6 Å². The zero-order valence-electron chi connectivity index (χ0n) is 9.80. The summed E-state index contributed by atoms with van der Waals surface area (Å²) in [6.07, 6.45) is 6.15. The topological polar surface area (TPSA) is 101 Å². The molecule has 0 radical (unpaired) electrons. The van der Waals surface area contributed by atoms with Crippen molar-refractivity contribution in [1.82, 2.24) is 4.57 Å². The molecule has 0 fully saturated rings. The Morgan fingerprint density at radius 2 is 2.19 bits per heavy atom. The van der Waals surface area contributed by atoms with E-state index in [1.807, 2.05) is 6.20 Å². The highest BCUT2D eigenvalue weighted by Gasteiger charge is 1.97. The molecule has 6 nitrogen and oxygen atoms in total. The summed E-state index contributed by atoms with van der Waals surface area (Å²) in [5, 5.41) is 9.46. The van der Waals surface area contributed by atoms with Crippen LogP contribution in [0.5, 0.6) is 0 Å². The highest BCUT2D eigenvalue weighted by atomic mass is 16.4. The van der Waals surface area contributed by atoms with Crippen molar-refractivity contribution < 1.29 is 14.5 Å². The normalized spacial score (nSPS) is 11.5. The summed E-state index contributed by atoms with van der Waals surface area (Å²) in [6.45, 7) is 6.12. The summed E-state index contributed by atoms with van der Waals surface area (Å²) in [7, 11) is 0. The summed E-state index contributed by atoms with van der Waals surface area (Å²) in [4.78, 5) is 9.46. The van der Waals surface area contributed by atoms with Crippen LogP contribution in [0.2, 0.25) is 0 Å². The third kappa shape index (κ3) is 6.15. The first kappa shape index (κ1) is 14.6. The lowest BCUT2D eigenvalue weighted by Crippen LogP contribution is -2.39. The van der Waals surface area contributed by atoms with E-state index < -0.39 is 12.0 Å². The second kappa shape index (κ2) is 7.84. The smallest absolute Gasteiger partial charge is 0.243 e. The maximum absolute atomic E-state index is 9.46. The van der Waals surface area contributed by atoms with Gasteiger partial charge in [-0.1, -0.05) is 0 Å². The molecule has 0 saturated heterocycles. The van der Waals surface area contributed by atoms with Gasteiger partial charge in [-0.2, -0.15) is 0 Å². The lowest BCUT2D eigenvalue weighted by atomic mass is 10.4. The number of imidazole rings is 1. The Hall–Kier alpha value is -1.40. The van der Waals surface area contributed by atoms with Crippen LogP contribution >= 0.6 is 0 Å². The van der Waals surface area contributed by atoms with Crippen LogP contribution in [-0.4, -0.2) is 23.1 Å². The average Bonchev–Trinajstić information content (AvgIpc) is 2.67. The zero-order valence-corrected chi connectivity index (χ0v) is 9.80. The number of aromatic nitrogens is 2. The van der Waals surface area contributed by atoms with Gasteiger partial charge in [-0.05, 0) is 13.8 Å². The predicted octanol–water partition coefficient (Wildman–Crippen LogP) is -2.16. The number of carboxylic acids is 1. The third-order valence-electron chi connectivity index (χ3n) is 1.87. The highest BCUT2D eigenvalue weighted by molar-refractivity contribution is 5.70. The number of aryl methyl sites for hydroxylation is 1. The fourth-order valence-corrected chi connectivity index (χ4v) is 0.907. The van der Waals surface area contributed by atoms with Gasteiger partial charge in [0.1, 0.15) is 18.9 Å². The minimum atomic E-state index is -1.21. The molecule has 16 heavy (non-hydrogen) atoms. The molecule has 6 heteroatoms. The van der Waals surface area contributed by atoms with Crippen LogP contribution in [0.4, 0.5) is 0 Å². The molecule has 0 aliphatic heterocycles. The summed E-state index contributed by atoms with van der Waals surface area (Å²) in [6, 6.07) is -0.843. The Balaban J connectivity index is 0.000000325. The second-order valence-electron chi connectivity index (χ2n) is 3.38. The van der Waals surface area contributed by atoms with Gasteiger partial charge in [0.2, 0.25) is 6.33 Å². The number of nitrogens with zero attached hydrogens (tertiary/aromatic N) is 2. The van der Waals surface area contributed by atoms with Gasteiger partial charge in [0.15, 0.2) is 0 Å². The van der Waals surface area contributed by atoms with Gasteiger partial charge in [0.25, 0.3) is 0 Å². The molecule has 0 unspecified atom stereocenters. The van der Waals surface area contributed by atoms with E-state index >= 15 is 0 Å². The van der Waals surface area contributed by atoms with Crippen molar-refractivity contribution in [3.8, 4) is 0 Å². The lowest BCUT2D eigenvalue weighted by molar-refractivity contribution is -0.694. The highest BCUT2D eigenvalue weighted by Crippen LogP contribution is 1.81. The third-order valence-corrected chi connectivity index (χ3v) is 1.87. The number of hydrogen-bond donors (Lipinski definition) is 2. The van der Waals surface area contributed by atoms with E-state index in [1.165, 1.54) is 6.92 Å². The van der Waals surface area contributed by atoms with Crippen LogP contribution in [-0.2, 0) is 17.9 Å². The molecule has 1 atom stereocenters. The Morgan fingerprint density at radius 1 is 1.62 bits per heavy atom. The van der Waals surface area contributed by atoms with Crippen LogP contribution in [0.25, 0.3) is 0 Å². The van der Waals surface area contributed by atoms with Crippen molar-refractivity contribution in [2.75, 3.05) is 6.54 Å². The van der Waals surface area contributed by atoms with Crippen LogP contribution in [0.3, 0.4) is 0 Å². The van der Waals surface area contributed by atoms with E-state index in [4.69, 9.17) is 11.5 Å². The van der Waals surface area contributed by atoms with E-state index in [1.54, 1.807) is 0 Å². The monoisotopic (exact) mass is 228 g/mol. The standard InChI is InChI=1S/C7H14N3.C3H7NO2/c1-2-9-5-6-10(7-9)4-3-8;1-2(4)3(5)6/h5-7H,2-4,8H2,1H3;2H,4H2,1H3,(H,5,6)/q+1;/p-1/t;2-/m.0/s1. The van der Waals surface area contributed by atoms with E-state index in [9.17, 15) is 9.90 Å². The first-order valence-corrected chi connectivity index (χ1v) is 5.22. The van der Waals surface area contributed by atoms with Crippen LogP contribution < -0.4 is 21.1 Å². The number of rotatable bonds is 4. The molecule has 1 heterocycles. The van der Waals surface area contributed by atoms with Crippen LogP contribution in [0.1, 0.15) is 13.8 Å². The van der Waals surface area contributed by atoms with Crippen molar-refractivity contribution in [3.63, 3.8) is 0 Å². The molecule has 0 saturated carbocycles. The number of aliphatic carboxylic acids is 1. The van der Waals surface area contributed by atoms with Crippen molar-refractivity contribution >= 4 is 5.97 Å². The summed E-state index contributed by atoms with van der Waals surface area (Å²) in [5.41, 5.74) is 10.2. The van der Waals surface area contributed by atoms with Gasteiger partial charge in [0, 0.05) is 12.6 Å². The van der Waals surface area contributed by atoms with Crippen molar-refractivity contribution in [2.24, 2.45) is 11.5 Å². The van der Waals surface area contributed by atoms with E-state index in [0.717, 1.165) is 13.1 Å². The first-order valence-electron chi connectivity index (χ1n) is 5.22. The van der Waals surface area contributed by atoms with Crippen molar-refractivity contribution in [3.05, 3.63) is 18.7 Å². The molecule has 1 aromatic rings. The number of hydrogen-bond acceptors (Lipinski definition) is 4. The summed E-state index contributed by atoms with van der Waals surface area (Å²) < 4.78 is 4.21. The SMILES string of the molecule is CCn1cc[n+](CCN)c1.C[C@H](N)C(=O)[O-]. The van der Waals surface area contributed by atoms with E-state index in [0.29, 0.717) is 6.54 Å². The molecular weight excluding hydrogens is 208 g/mol.